The molecule has 3 heteroatoms. The number of esters is 1. The summed E-state index contributed by atoms with van der Waals surface area (Å²) in [5.41, 5.74) is -0.165. The SMILES string of the molecule is CC(C)C(=O)OCC(C)(C)C1OC1(C)C. The van der Waals surface area contributed by atoms with E-state index in [1.807, 2.05) is 13.8 Å². The van der Waals surface area contributed by atoms with E-state index in [4.69, 9.17) is 9.47 Å². The van der Waals surface area contributed by atoms with Crippen molar-refractivity contribution in [1.82, 2.24) is 0 Å². The molecule has 0 amide bonds. The second-order valence-corrected chi connectivity index (χ2v) is 5.85. The van der Waals surface area contributed by atoms with Gasteiger partial charge in [0.05, 0.1) is 24.2 Å². The molecule has 1 rings (SSSR count). The van der Waals surface area contributed by atoms with Gasteiger partial charge < -0.3 is 9.47 Å². The summed E-state index contributed by atoms with van der Waals surface area (Å²) in [5, 5.41) is 0. The van der Waals surface area contributed by atoms with Crippen LogP contribution >= 0.6 is 0 Å². The van der Waals surface area contributed by atoms with Crippen LogP contribution in [0.1, 0.15) is 41.5 Å². The zero-order valence-electron chi connectivity index (χ0n) is 10.6. The lowest BCUT2D eigenvalue weighted by Gasteiger charge is -2.23. The molecule has 0 bridgehead atoms. The molecule has 1 heterocycles. The van der Waals surface area contributed by atoms with Crippen LogP contribution in [0.15, 0.2) is 0 Å². The standard InChI is InChI=1S/C12H22O3/c1-8(2)9(13)14-7-11(3,4)10-12(5,6)15-10/h8,10H,7H2,1-6H3. The molecule has 1 atom stereocenters. The molecule has 1 aliphatic heterocycles. The average Bonchev–Trinajstić information content (AvgIpc) is 2.72. The molecular weight excluding hydrogens is 192 g/mol. The van der Waals surface area contributed by atoms with Crippen LogP contribution in [0.5, 0.6) is 0 Å². The summed E-state index contributed by atoms with van der Waals surface area (Å²) in [5.74, 6) is -0.199. The Morgan fingerprint density at radius 3 is 2.27 bits per heavy atom. The van der Waals surface area contributed by atoms with Gasteiger partial charge in [-0.05, 0) is 13.8 Å². The first kappa shape index (κ1) is 12.5. The Morgan fingerprint density at radius 1 is 1.47 bits per heavy atom. The van der Waals surface area contributed by atoms with E-state index >= 15 is 0 Å². The second kappa shape index (κ2) is 3.78. The second-order valence-electron chi connectivity index (χ2n) is 5.85. The van der Waals surface area contributed by atoms with Gasteiger partial charge in [0.1, 0.15) is 0 Å². The maximum absolute atomic E-state index is 11.3. The van der Waals surface area contributed by atoms with Crippen LogP contribution in [0.25, 0.3) is 0 Å². The summed E-state index contributed by atoms with van der Waals surface area (Å²) >= 11 is 0. The fourth-order valence-electron chi connectivity index (χ4n) is 1.87. The largest absolute Gasteiger partial charge is 0.465 e. The number of epoxide rings is 1. The smallest absolute Gasteiger partial charge is 0.308 e. The van der Waals surface area contributed by atoms with Crippen LogP contribution in [0.4, 0.5) is 0 Å². The Balaban J connectivity index is 2.41. The molecule has 0 N–H and O–H groups in total. The fourth-order valence-corrected chi connectivity index (χ4v) is 1.87. The molecule has 0 saturated carbocycles. The third-order valence-corrected chi connectivity index (χ3v) is 2.76. The predicted octanol–water partition coefficient (Wildman–Crippen LogP) is 2.39. The monoisotopic (exact) mass is 214 g/mol. The van der Waals surface area contributed by atoms with E-state index in [2.05, 4.69) is 27.7 Å². The van der Waals surface area contributed by atoms with Gasteiger partial charge >= 0.3 is 5.97 Å². The minimum Gasteiger partial charge on any atom is -0.465 e. The first-order chi connectivity index (χ1) is 6.67. The number of ether oxygens (including phenoxy) is 2. The Morgan fingerprint density at radius 2 is 1.93 bits per heavy atom. The first-order valence-corrected chi connectivity index (χ1v) is 5.51. The molecule has 15 heavy (non-hydrogen) atoms. The van der Waals surface area contributed by atoms with Crippen molar-refractivity contribution in [3.63, 3.8) is 0 Å². The van der Waals surface area contributed by atoms with Crippen LogP contribution < -0.4 is 0 Å². The van der Waals surface area contributed by atoms with E-state index in [1.165, 1.54) is 0 Å². The molecule has 88 valence electrons. The molecule has 0 spiro atoms. The van der Waals surface area contributed by atoms with Crippen LogP contribution in [0.3, 0.4) is 0 Å². The summed E-state index contributed by atoms with van der Waals surface area (Å²) in [4.78, 5) is 11.3. The maximum Gasteiger partial charge on any atom is 0.308 e. The molecule has 0 aliphatic carbocycles. The van der Waals surface area contributed by atoms with Gasteiger partial charge in [0.2, 0.25) is 0 Å². The summed E-state index contributed by atoms with van der Waals surface area (Å²) in [6, 6.07) is 0. The van der Waals surface area contributed by atoms with E-state index in [9.17, 15) is 4.79 Å². The van der Waals surface area contributed by atoms with Crippen LogP contribution in [-0.4, -0.2) is 24.3 Å². The highest BCUT2D eigenvalue weighted by molar-refractivity contribution is 5.71. The van der Waals surface area contributed by atoms with E-state index < -0.39 is 0 Å². The lowest BCUT2D eigenvalue weighted by Crippen LogP contribution is -2.31. The van der Waals surface area contributed by atoms with Gasteiger partial charge in [-0.2, -0.15) is 0 Å². The Labute approximate surface area is 92.1 Å². The van der Waals surface area contributed by atoms with E-state index in [0.29, 0.717) is 6.61 Å². The van der Waals surface area contributed by atoms with Gasteiger partial charge in [-0.1, -0.05) is 27.7 Å². The highest BCUT2D eigenvalue weighted by Gasteiger charge is 2.56. The highest BCUT2D eigenvalue weighted by atomic mass is 16.6. The van der Waals surface area contributed by atoms with Crippen molar-refractivity contribution in [3.8, 4) is 0 Å². The van der Waals surface area contributed by atoms with Gasteiger partial charge in [0.25, 0.3) is 0 Å². The molecule has 0 radical (unpaired) electrons. The van der Waals surface area contributed by atoms with E-state index in [0.717, 1.165) is 0 Å². The topological polar surface area (TPSA) is 38.8 Å². The van der Waals surface area contributed by atoms with Crippen molar-refractivity contribution in [2.24, 2.45) is 11.3 Å². The van der Waals surface area contributed by atoms with Crippen molar-refractivity contribution < 1.29 is 14.3 Å². The third kappa shape index (κ3) is 2.94. The van der Waals surface area contributed by atoms with Crippen molar-refractivity contribution in [2.75, 3.05) is 6.61 Å². The molecule has 3 nitrogen and oxygen atoms in total. The van der Waals surface area contributed by atoms with Gasteiger partial charge in [-0.3, -0.25) is 4.79 Å². The average molecular weight is 214 g/mol. The number of hydrogen-bond acceptors (Lipinski definition) is 3. The summed E-state index contributed by atoms with van der Waals surface area (Å²) in [7, 11) is 0. The van der Waals surface area contributed by atoms with Gasteiger partial charge in [-0.15, -0.1) is 0 Å². The van der Waals surface area contributed by atoms with Crippen molar-refractivity contribution in [3.05, 3.63) is 0 Å². The molecule has 1 unspecified atom stereocenters. The van der Waals surface area contributed by atoms with Gasteiger partial charge in [0.15, 0.2) is 0 Å². The molecule has 1 fully saturated rings. The highest BCUT2D eigenvalue weighted by Crippen LogP contribution is 2.46. The predicted molar refractivity (Wildman–Crippen MR) is 58.5 cm³/mol. The zero-order chi connectivity index (χ0) is 11.9. The van der Waals surface area contributed by atoms with Crippen LogP contribution in [0.2, 0.25) is 0 Å². The summed E-state index contributed by atoms with van der Waals surface area (Å²) in [6.07, 6.45) is 0.185. The number of hydrogen-bond donors (Lipinski definition) is 0. The Bertz CT molecular complexity index is 254. The normalized spacial score (nSPS) is 24.1. The van der Waals surface area contributed by atoms with Crippen molar-refractivity contribution in [1.29, 1.82) is 0 Å². The van der Waals surface area contributed by atoms with E-state index in [-0.39, 0.29) is 29.0 Å². The Kier molecular flexibility index (Phi) is 3.15. The fraction of sp³-hybridized carbons (Fsp3) is 0.917. The van der Waals surface area contributed by atoms with Crippen LogP contribution in [0, 0.1) is 11.3 Å². The quantitative estimate of drug-likeness (QED) is 0.533. The number of carbonyl (C=O) groups excluding carboxylic acids is 1. The number of carbonyl (C=O) groups is 1. The zero-order valence-corrected chi connectivity index (χ0v) is 10.6. The molecular formula is C12H22O3. The summed E-state index contributed by atoms with van der Waals surface area (Å²) < 4.78 is 10.8. The van der Waals surface area contributed by atoms with Gasteiger partial charge in [-0.25, -0.2) is 0 Å². The minimum atomic E-state index is -0.137. The molecule has 0 aromatic heterocycles. The third-order valence-electron chi connectivity index (χ3n) is 2.76. The Hall–Kier alpha value is -0.570. The van der Waals surface area contributed by atoms with Crippen molar-refractivity contribution >= 4 is 5.97 Å². The van der Waals surface area contributed by atoms with E-state index in [1.54, 1.807) is 0 Å². The lowest BCUT2D eigenvalue weighted by atomic mass is 9.85. The molecule has 1 aliphatic rings. The first-order valence-electron chi connectivity index (χ1n) is 5.51. The maximum atomic E-state index is 11.3. The lowest BCUT2D eigenvalue weighted by molar-refractivity contribution is -0.150. The molecule has 1 saturated heterocycles. The van der Waals surface area contributed by atoms with Gasteiger partial charge in [0, 0.05) is 5.41 Å². The number of rotatable bonds is 4. The molecule has 0 aromatic rings. The van der Waals surface area contributed by atoms with Crippen molar-refractivity contribution in [2.45, 2.75) is 53.2 Å². The molecule has 0 aromatic carbocycles. The summed E-state index contributed by atoms with van der Waals surface area (Å²) in [6.45, 7) is 12.4. The van der Waals surface area contributed by atoms with Crippen LogP contribution in [-0.2, 0) is 14.3 Å². The minimum absolute atomic E-state index is 0.0612.